The second-order valence-corrected chi connectivity index (χ2v) is 3.19. The Labute approximate surface area is 81.3 Å². The van der Waals surface area contributed by atoms with Crippen molar-refractivity contribution in [3.05, 3.63) is 23.3 Å². The van der Waals surface area contributed by atoms with Crippen LogP contribution in [0, 0.1) is 0 Å². The number of benzene rings is 1. The van der Waals surface area contributed by atoms with Gasteiger partial charge in [-0.3, -0.25) is 4.79 Å². The lowest BCUT2D eigenvalue weighted by molar-refractivity contribution is 0.112. The summed E-state index contributed by atoms with van der Waals surface area (Å²) in [6, 6.07) is 3.14. The fraction of sp³-hybridized carbons (Fsp3) is 0.222. The molecule has 1 aromatic rings. The summed E-state index contributed by atoms with van der Waals surface area (Å²) in [5.41, 5.74) is 1.57. The normalized spacial score (nSPS) is 13.3. The molecule has 2 rings (SSSR count). The Morgan fingerprint density at radius 2 is 2.21 bits per heavy atom. The summed E-state index contributed by atoms with van der Waals surface area (Å²) < 4.78 is 5.25. The molecule has 1 aromatic carbocycles. The molecule has 0 unspecified atom stereocenters. The third-order valence-corrected chi connectivity index (χ3v) is 2.25. The zero-order valence-corrected chi connectivity index (χ0v) is 7.43. The first-order valence-electron chi connectivity index (χ1n) is 4.33. The van der Waals surface area contributed by atoms with Gasteiger partial charge in [0, 0.05) is 17.4 Å². The van der Waals surface area contributed by atoms with Crippen LogP contribution in [0.25, 0.3) is 0 Å². The monoisotopic (exact) mass is 192 g/mol. The van der Waals surface area contributed by atoms with Crippen LogP contribution in [-0.2, 0) is 6.42 Å². The molecule has 1 heterocycles. The van der Waals surface area contributed by atoms with E-state index in [0.717, 1.165) is 5.56 Å². The molecule has 0 spiro atoms. The predicted octanol–water partition coefficient (Wildman–Crippen LogP) is -0.886. The van der Waals surface area contributed by atoms with E-state index in [1.54, 1.807) is 6.07 Å². The molecule has 0 aromatic heterocycles. The van der Waals surface area contributed by atoms with Gasteiger partial charge in [0.05, 0.1) is 6.61 Å². The van der Waals surface area contributed by atoms with Crippen LogP contribution < -0.4 is 10.2 Å². The Bertz CT molecular complexity index is 375. The Hall–Kier alpha value is -1.33. The van der Waals surface area contributed by atoms with Crippen molar-refractivity contribution >= 4 is 18.9 Å². The lowest BCUT2D eigenvalue weighted by Crippen LogP contribution is -2.31. The average molecular weight is 192 g/mol. The Kier molecular flexibility index (Phi) is 2.27. The molecule has 0 atom stereocenters. The van der Waals surface area contributed by atoms with Crippen molar-refractivity contribution in [1.82, 2.24) is 0 Å². The molecule has 2 N–H and O–H groups in total. The van der Waals surface area contributed by atoms with Gasteiger partial charge < -0.3 is 14.8 Å². The summed E-state index contributed by atoms with van der Waals surface area (Å²) in [5.74, 6) is 0.505. The molecule has 0 radical (unpaired) electrons. The van der Waals surface area contributed by atoms with Crippen molar-refractivity contribution in [3.63, 3.8) is 0 Å². The molecule has 0 aliphatic carbocycles. The van der Waals surface area contributed by atoms with E-state index in [1.165, 1.54) is 6.07 Å². The topological polar surface area (TPSA) is 66.8 Å². The highest BCUT2D eigenvalue weighted by atomic mass is 16.5. The predicted molar refractivity (Wildman–Crippen MR) is 50.9 cm³/mol. The van der Waals surface area contributed by atoms with Gasteiger partial charge in [0.15, 0.2) is 0 Å². The minimum Gasteiger partial charge on any atom is -0.493 e. The van der Waals surface area contributed by atoms with Crippen molar-refractivity contribution in [1.29, 1.82) is 0 Å². The molecule has 0 amide bonds. The van der Waals surface area contributed by atoms with E-state index >= 15 is 0 Å². The number of aldehydes is 1. The number of carbonyl (C=O) groups excluding carboxylic acids is 1. The molecular weight excluding hydrogens is 183 g/mol. The Morgan fingerprint density at radius 3 is 2.86 bits per heavy atom. The van der Waals surface area contributed by atoms with Gasteiger partial charge in [0.1, 0.15) is 12.0 Å². The minimum absolute atomic E-state index is 0.266. The quantitative estimate of drug-likeness (QED) is 0.471. The van der Waals surface area contributed by atoms with Crippen LogP contribution in [0.2, 0.25) is 0 Å². The van der Waals surface area contributed by atoms with Gasteiger partial charge in [-0.25, -0.2) is 0 Å². The molecule has 72 valence electrons. The van der Waals surface area contributed by atoms with E-state index in [0.29, 0.717) is 30.6 Å². The summed E-state index contributed by atoms with van der Waals surface area (Å²) >= 11 is 0. The van der Waals surface area contributed by atoms with E-state index in [2.05, 4.69) is 0 Å². The largest absolute Gasteiger partial charge is 0.493 e. The van der Waals surface area contributed by atoms with Gasteiger partial charge in [-0.05, 0) is 17.7 Å². The summed E-state index contributed by atoms with van der Waals surface area (Å²) in [5, 5.41) is 18.1. The first-order valence-corrected chi connectivity index (χ1v) is 4.33. The molecule has 1 aliphatic heterocycles. The van der Waals surface area contributed by atoms with Crippen LogP contribution in [-0.4, -0.2) is 30.1 Å². The van der Waals surface area contributed by atoms with Crippen LogP contribution in [0.15, 0.2) is 12.1 Å². The number of rotatable bonds is 2. The molecule has 0 bridgehead atoms. The van der Waals surface area contributed by atoms with Gasteiger partial charge in [-0.2, -0.15) is 0 Å². The maximum absolute atomic E-state index is 10.6. The number of ether oxygens (including phenoxy) is 1. The SMILES string of the molecule is O=Cc1cc2c(c(B(O)O)c1)OCC2. The number of carbonyl (C=O) groups is 1. The highest BCUT2D eigenvalue weighted by molar-refractivity contribution is 6.60. The van der Waals surface area contributed by atoms with Crippen LogP contribution in [0.5, 0.6) is 5.75 Å². The highest BCUT2D eigenvalue weighted by Crippen LogP contribution is 2.23. The maximum atomic E-state index is 10.6. The smallest absolute Gasteiger partial charge is 0.492 e. The summed E-state index contributed by atoms with van der Waals surface area (Å²) in [4.78, 5) is 10.6. The highest BCUT2D eigenvalue weighted by Gasteiger charge is 2.24. The molecule has 14 heavy (non-hydrogen) atoms. The Balaban J connectivity index is 2.57. The molecule has 0 saturated carbocycles. The van der Waals surface area contributed by atoms with Gasteiger partial charge in [-0.15, -0.1) is 0 Å². The zero-order chi connectivity index (χ0) is 10.1. The summed E-state index contributed by atoms with van der Waals surface area (Å²) in [6.07, 6.45) is 1.39. The fourth-order valence-electron chi connectivity index (χ4n) is 1.62. The molecular formula is C9H9BO4. The lowest BCUT2D eigenvalue weighted by atomic mass is 9.77. The summed E-state index contributed by atoms with van der Waals surface area (Å²) in [7, 11) is -1.60. The number of hydrogen-bond acceptors (Lipinski definition) is 4. The first-order chi connectivity index (χ1) is 6.72. The number of fused-ring (bicyclic) bond motifs is 1. The fourth-order valence-corrected chi connectivity index (χ4v) is 1.62. The standard InChI is InChI=1S/C9H9BO4/c11-5-6-3-7-1-2-14-9(7)8(4-6)10(12)13/h3-5,12-13H,1-2H2. The third-order valence-electron chi connectivity index (χ3n) is 2.25. The van der Waals surface area contributed by atoms with Crippen LogP contribution >= 0.6 is 0 Å². The number of hydrogen-bond donors (Lipinski definition) is 2. The van der Waals surface area contributed by atoms with Crippen molar-refractivity contribution in [2.75, 3.05) is 6.61 Å². The lowest BCUT2D eigenvalue weighted by Gasteiger charge is -2.07. The van der Waals surface area contributed by atoms with Crippen LogP contribution in [0.4, 0.5) is 0 Å². The second kappa shape index (κ2) is 3.44. The maximum Gasteiger partial charge on any atom is 0.492 e. The van der Waals surface area contributed by atoms with E-state index in [9.17, 15) is 4.79 Å². The zero-order valence-electron chi connectivity index (χ0n) is 7.43. The Morgan fingerprint density at radius 1 is 1.43 bits per heavy atom. The second-order valence-electron chi connectivity index (χ2n) is 3.19. The van der Waals surface area contributed by atoms with E-state index < -0.39 is 7.12 Å². The minimum atomic E-state index is -1.60. The van der Waals surface area contributed by atoms with Crippen LogP contribution in [0.1, 0.15) is 15.9 Å². The molecule has 4 nitrogen and oxygen atoms in total. The van der Waals surface area contributed by atoms with E-state index in [4.69, 9.17) is 14.8 Å². The van der Waals surface area contributed by atoms with Crippen molar-refractivity contribution in [2.45, 2.75) is 6.42 Å². The van der Waals surface area contributed by atoms with Gasteiger partial charge >= 0.3 is 7.12 Å². The van der Waals surface area contributed by atoms with Gasteiger partial charge in [0.25, 0.3) is 0 Å². The molecule has 0 fully saturated rings. The van der Waals surface area contributed by atoms with Gasteiger partial charge in [0.2, 0.25) is 0 Å². The van der Waals surface area contributed by atoms with E-state index in [1.807, 2.05) is 0 Å². The van der Waals surface area contributed by atoms with E-state index in [-0.39, 0.29) is 5.46 Å². The van der Waals surface area contributed by atoms with Crippen molar-refractivity contribution in [2.24, 2.45) is 0 Å². The molecule has 0 saturated heterocycles. The molecule has 5 heteroatoms. The van der Waals surface area contributed by atoms with Crippen molar-refractivity contribution < 1.29 is 19.6 Å². The van der Waals surface area contributed by atoms with Gasteiger partial charge in [-0.1, -0.05) is 0 Å². The summed E-state index contributed by atoms with van der Waals surface area (Å²) in [6.45, 7) is 0.525. The average Bonchev–Trinajstić information content (AvgIpc) is 2.63. The first kappa shape index (κ1) is 9.24. The van der Waals surface area contributed by atoms with Crippen molar-refractivity contribution in [3.8, 4) is 5.75 Å². The third kappa shape index (κ3) is 1.40. The van der Waals surface area contributed by atoms with Crippen LogP contribution in [0.3, 0.4) is 0 Å². The molecule has 1 aliphatic rings.